The van der Waals surface area contributed by atoms with E-state index in [-0.39, 0.29) is 10.6 Å². The Labute approximate surface area is 157 Å². The van der Waals surface area contributed by atoms with Gasteiger partial charge >= 0.3 is 0 Å². The van der Waals surface area contributed by atoms with Crippen molar-refractivity contribution in [3.05, 3.63) is 47.0 Å². The van der Waals surface area contributed by atoms with Crippen LogP contribution in [-0.4, -0.2) is 35.1 Å². The Bertz CT molecular complexity index is 915. The second-order valence-corrected chi connectivity index (χ2v) is 7.50. The van der Waals surface area contributed by atoms with Gasteiger partial charge in [-0.1, -0.05) is 17.7 Å². The monoisotopic (exact) mass is 398 g/mol. The molecule has 140 valence electrons. The second kappa shape index (κ2) is 8.39. The molecule has 0 bridgehead atoms. The van der Waals surface area contributed by atoms with E-state index in [1.165, 1.54) is 26.4 Å². The zero-order valence-corrected chi connectivity index (χ0v) is 16.1. The Hall–Kier alpha value is -2.29. The maximum atomic E-state index is 12.5. The van der Waals surface area contributed by atoms with Gasteiger partial charge in [0.2, 0.25) is 15.9 Å². The largest absolute Gasteiger partial charge is 0.497 e. The normalized spacial score (nSPS) is 11.1. The van der Waals surface area contributed by atoms with Crippen LogP contribution >= 0.6 is 11.6 Å². The first kappa shape index (κ1) is 20.0. The lowest BCUT2D eigenvalue weighted by Gasteiger charge is -2.12. The molecule has 0 aliphatic carbocycles. The van der Waals surface area contributed by atoms with Gasteiger partial charge in [0.25, 0.3) is 0 Å². The third kappa shape index (κ3) is 4.87. The molecular weight excluding hydrogens is 380 g/mol. The fraction of sp³-hybridized carbons (Fsp3) is 0.235. The Morgan fingerprint density at radius 2 is 1.85 bits per heavy atom. The summed E-state index contributed by atoms with van der Waals surface area (Å²) in [6.07, 6.45) is 0. The number of methoxy groups -OCH3 is 2. The van der Waals surface area contributed by atoms with Crippen molar-refractivity contribution in [3.8, 4) is 11.5 Å². The Kier molecular flexibility index (Phi) is 6.47. The number of ether oxygens (including phenoxy) is 2. The average Bonchev–Trinajstić information content (AvgIpc) is 2.62. The van der Waals surface area contributed by atoms with Crippen LogP contribution < -0.4 is 19.5 Å². The van der Waals surface area contributed by atoms with E-state index in [4.69, 9.17) is 21.1 Å². The standard InChI is InChI=1S/C17H19ClN2O5S/c1-11-4-5-12(8-14(11)18)20-17(21)10-19-26(22,23)16-9-13(24-2)6-7-15(16)25-3/h4-9,19H,10H2,1-3H3,(H,20,21). The molecule has 0 aliphatic heterocycles. The molecule has 7 nitrogen and oxygen atoms in total. The maximum absolute atomic E-state index is 12.5. The summed E-state index contributed by atoms with van der Waals surface area (Å²) >= 11 is 6.00. The van der Waals surface area contributed by atoms with E-state index in [0.29, 0.717) is 16.5 Å². The first-order valence-electron chi connectivity index (χ1n) is 7.54. The maximum Gasteiger partial charge on any atom is 0.244 e. The summed E-state index contributed by atoms with van der Waals surface area (Å²) in [6.45, 7) is 1.39. The number of aryl methyl sites for hydroxylation is 1. The van der Waals surface area contributed by atoms with Gasteiger partial charge in [-0.15, -0.1) is 0 Å². The molecule has 0 aliphatic rings. The first-order chi connectivity index (χ1) is 12.3. The predicted octanol–water partition coefficient (Wildman–Crippen LogP) is 2.58. The van der Waals surface area contributed by atoms with Gasteiger partial charge in [0, 0.05) is 16.8 Å². The summed E-state index contributed by atoms with van der Waals surface area (Å²) in [6, 6.07) is 9.39. The van der Waals surface area contributed by atoms with Crippen LogP contribution in [0, 0.1) is 6.92 Å². The summed E-state index contributed by atoms with van der Waals surface area (Å²) in [5, 5.41) is 3.08. The molecule has 0 heterocycles. The van der Waals surface area contributed by atoms with Crippen LogP contribution in [0.15, 0.2) is 41.3 Å². The van der Waals surface area contributed by atoms with Gasteiger partial charge in [-0.3, -0.25) is 4.79 Å². The number of hydrogen-bond donors (Lipinski definition) is 2. The molecule has 0 unspecified atom stereocenters. The highest BCUT2D eigenvalue weighted by Gasteiger charge is 2.21. The van der Waals surface area contributed by atoms with Crippen LogP contribution in [0.5, 0.6) is 11.5 Å². The van der Waals surface area contributed by atoms with E-state index in [9.17, 15) is 13.2 Å². The van der Waals surface area contributed by atoms with Gasteiger partial charge in [-0.05, 0) is 36.8 Å². The summed E-state index contributed by atoms with van der Waals surface area (Å²) < 4.78 is 37.3. The molecule has 2 aromatic rings. The van der Waals surface area contributed by atoms with Crippen LogP contribution in [0.1, 0.15) is 5.56 Å². The van der Waals surface area contributed by atoms with E-state index < -0.39 is 22.5 Å². The lowest BCUT2D eigenvalue weighted by atomic mass is 10.2. The molecule has 0 atom stereocenters. The third-order valence-corrected chi connectivity index (χ3v) is 5.37. The summed E-state index contributed by atoms with van der Waals surface area (Å²) in [5.41, 5.74) is 1.35. The van der Waals surface area contributed by atoms with Gasteiger partial charge in [0.15, 0.2) is 0 Å². The minimum absolute atomic E-state index is 0.120. The van der Waals surface area contributed by atoms with E-state index in [1.807, 2.05) is 6.92 Å². The van der Waals surface area contributed by atoms with Crippen molar-refractivity contribution in [1.29, 1.82) is 0 Å². The third-order valence-electron chi connectivity index (χ3n) is 3.54. The summed E-state index contributed by atoms with van der Waals surface area (Å²) in [4.78, 5) is 11.9. The zero-order valence-electron chi connectivity index (χ0n) is 14.5. The Morgan fingerprint density at radius 1 is 1.12 bits per heavy atom. The van der Waals surface area contributed by atoms with Crippen LogP contribution in [0.2, 0.25) is 5.02 Å². The number of benzene rings is 2. The number of halogens is 1. The molecule has 2 N–H and O–H groups in total. The van der Waals surface area contributed by atoms with Crippen molar-refractivity contribution in [3.63, 3.8) is 0 Å². The van der Waals surface area contributed by atoms with Crippen molar-refractivity contribution < 1.29 is 22.7 Å². The van der Waals surface area contributed by atoms with E-state index >= 15 is 0 Å². The number of nitrogens with one attached hydrogen (secondary N) is 2. The number of amides is 1. The smallest absolute Gasteiger partial charge is 0.244 e. The summed E-state index contributed by atoms with van der Waals surface area (Å²) in [5.74, 6) is -0.0377. The van der Waals surface area contributed by atoms with Gasteiger partial charge in [0.1, 0.15) is 16.4 Å². The molecule has 26 heavy (non-hydrogen) atoms. The molecule has 2 aromatic carbocycles. The minimum Gasteiger partial charge on any atom is -0.497 e. The first-order valence-corrected chi connectivity index (χ1v) is 9.40. The molecule has 1 amide bonds. The molecule has 0 fully saturated rings. The SMILES string of the molecule is COc1ccc(OC)c(S(=O)(=O)NCC(=O)Nc2ccc(C)c(Cl)c2)c1. The summed E-state index contributed by atoms with van der Waals surface area (Å²) in [7, 11) is -1.20. The number of hydrogen-bond acceptors (Lipinski definition) is 5. The molecule has 0 spiro atoms. The lowest BCUT2D eigenvalue weighted by Crippen LogP contribution is -2.33. The number of carbonyl (C=O) groups excluding carboxylic acids is 1. The van der Waals surface area contributed by atoms with E-state index in [2.05, 4.69) is 10.0 Å². The van der Waals surface area contributed by atoms with Crippen molar-refractivity contribution in [2.24, 2.45) is 0 Å². The zero-order chi connectivity index (χ0) is 19.3. The minimum atomic E-state index is -3.98. The predicted molar refractivity (Wildman–Crippen MR) is 99.6 cm³/mol. The van der Waals surface area contributed by atoms with Crippen LogP contribution in [0.3, 0.4) is 0 Å². The number of rotatable bonds is 7. The number of anilines is 1. The van der Waals surface area contributed by atoms with Gasteiger partial charge in [-0.25, -0.2) is 13.1 Å². The van der Waals surface area contributed by atoms with Crippen LogP contribution in [0.25, 0.3) is 0 Å². The highest BCUT2D eigenvalue weighted by atomic mass is 35.5. The molecule has 0 saturated heterocycles. The second-order valence-electron chi connectivity index (χ2n) is 5.35. The van der Waals surface area contributed by atoms with Crippen LogP contribution in [-0.2, 0) is 14.8 Å². The van der Waals surface area contributed by atoms with Gasteiger partial charge in [-0.2, -0.15) is 0 Å². The molecule has 0 radical (unpaired) electrons. The van der Waals surface area contributed by atoms with Crippen LogP contribution in [0.4, 0.5) is 5.69 Å². The molecular formula is C17H19ClN2O5S. The van der Waals surface area contributed by atoms with Crippen molar-refractivity contribution in [2.45, 2.75) is 11.8 Å². The van der Waals surface area contributed by atoms with E-state index in [1.54, 1.807) is 24.3 Å². The highest BCUT2D eigenvalue weighted by Crippen LogP contribution is 2.28. The molecule has 0 saturated carbocycles. The lowest BCUT2D eigenvalue weighted by molar-refractivity contribution is -0.115. The average molecular weight is 399 g/mol. The molecule has 2 rings (SSSR count). The fourth-order valence-electron chi connectivity index (χ4n) is 2.11. The van der Waals surface area contributed by atoms with Crippen molar-refractivity contribution >= 4 is 33.2 Å². The Balaban J connectivity index is 2.10. The topological polar surface area (TPSA) is 93.7 Å². The number of sulfonamides is 1. The fourth-order valence-corrected chi connectivity index (χ4v) is 3.45. The van der Waals surface area contributed by atoms with E-state index in [0.717, 1.165) is 5.56 Å². The highest BCUT2D eigenvalue weighted by molar-refractivity contribution is 7.89. The Morgan fingerprint density at radius 3 is 2.46 bits per heavy atom. The number of carbonyl (C=O) groups is 1. The quantitative estimate of drug-likeness (QED) is 0.747. The van der Waals surface area contributed by atoms with Gasteiger partial charge in [0.05, 0.1) is 20.8 Å². The van der Waals surface area contributed by atoms with Crippen molar-refractivity contribution in [2.75, 3.05) is 26.1 Å². The van der Waals surface area contributed by atoms with Crippen molar-refractivity contribution in [1.82, 2.24) is 4.72 Å². The molecule has 0 aromatic heterocycles. The van der Waals surface area contributed by atoms with Gasteiger partial charge < -0.3 is 14.8 Å². The molecule has 9 heteroatoms.